The minimum atomic E-state index is -0.138. The van der Waals surface area contributed by atoms with Gasteiger partial charge in [-0.3, -0.25) is 4.79 Å². The lowest BCUT2D eigenvalue weighted by Crippen LogP contribution is -2.26. The second-order valence-electron chi connectivity index (χ2n) is 2.94. The Labute approximate surface area is 98.0 Å². The van der Waals surface area contributed by atoms with E-state index in [2.05, 4.69) is 5.32 Å². The van der Waals surface area contributed by atoms with E-state index < -0.39 is 0 Å². The van der Waals surface area contributed by atoms with E-state index in [9.17, 15) is 4.79 Å². The number of thiophene rings is 1. The first-order valence-electron chi connectivity index (χ1n) is 4.87. The molecule has 1 rings (SSSR count). The van der Waals surface area contributed by atoms with Crippen LogP contribution in [0.3, 0.4) is 0 Å². The molecular formula is C10H15NO4S. The smallest absolute Gasteiger partial charge is 0.261 e. The molecule has 6 heteroatoms. The molecule has 16 heavy (non-hydrogen) atoms. The van der Waals surface area contributed by atoms with Gasteiger partial charge in [-0.15, -0.1) is 11.3 Å². The lowest BCUT2D eigenvalue weighted by atomic mass is 10.4. The van der Waals surface area contributed by atoms with Crippen molar-refractivity contribution in [3.8, 4) is 5.75 Å². The Morgan fingerprint density at radius 1 is 1.56 bits per heavy atom. The van der Waals surface area contributed by atoms with Crippen molar-refractivity contribution >= 4 is 17.2 Å². The molecule has 1 heterocycles. The molecule has 0 fully saturated rings. The van der Waals surface area contributed by atoms with E-state index in [0.717, 1.165) is 0 Å². The van der Waals surface area contributed by atoms with Crippen molar-refractivity contribution in [2.45, 2.75) is 0 Å². The van der Waals surface area contributed by atoms with E-state index >= 15 is 0 Å². The number of hydrogen-bond acceptors (Lipinski definition) is 5. The maximum absolute atomic E-state index is 11.5. The molecule has 0 aromatic carbocycles. The molecule has 0 bridgehead atoms. The van der Waals surface area contributed by atoms with E-state index in [1.165, 1.54) is 11.3 Å². The average Bonchev–Trinajstić information content (AvgIpc) is 2.77. The molecule has 0 unspecified atom stereocenters. The van der Waals surface area contributed by atoms with Gasteiger partial charge in [0.05, 0.1) is 31.8 Å². The van der Waals surface area contributed by atoms with Crippen molar-refractivity contribution < 1.29 is 19.4 Å². The zero-order valence-corrected chi connectivity index (χ0v) is 9.88. The van der Waals surface area contributed by atoms with Crippen molar-refractivity contribution in [3.63, 3.8) is 0 Å². The van der Waals surface area contributed by atoms with Gasteiger partial charge in [0, 0.05) is 18.0 Å². The Bertz CT molecular complexity index is 326. The van der Waals surface area contributed by atoms with Crippen LogP contribution in [-0.4, -0.2) is 44.5 Å². The van der Waals surface area contributed by atoms with Crippen molar-refractivity contribution in [3.05, 3.63) is 16.3 Å². The lowest BCUT2D eigenvalue weighted by molar-refractivity contribution is 0.0840. The van der Waals surface area contributed by atoms with Gasteiger partial charge in [0.15, 0.2) is 0 Å². The first-order valence-corrected chi connectivity index (χ1v) is 5.75. The molecule has 0 atom stereocenters. The van der Waals surface area contributed by atoms with Gasteiger partial charge in [0.25, 0.3) is 5.91 Å². The fourth-order valence-electron chi connectivity index (χ4n) is 1.04. The number of nitrogens with one attached hydrogen (secondary N) is 1. The zero-order chi connectivity index (χ0) is 11.8. The third kappa shape index (κ3) is 4.18. The molecule has 0 saturated carbocycles. The predicted octanol–water partition coefficient (Wildman–Crippen LogP) is 0.495. The summed E-state index contributed by atoms with van der Waals surface area (Å²) in [4.78, 5) is 12.2. The molecule has 90 valence electrons. The highest BCUT2D eigenvalue weighted by atomic mass is 32.1. The maximum Gasteiger partial charge on any atom is 0.261 e. The standard InChI is InChI=1S/C10H15NO4S/c1-14-8-6-9(16-7-8)10(13)11-2-4-15-5-3-12/h6-7,12H,2-5H2,1H3,(H,11,13). The third-order valence-electron chi connectivity index (χ3n) is 1.80. The number of methoxy groups -OCH3 is 1. The molecule has 0 spiro atoms. The normalized spacial score (nSPS) is 10.1. The highest BCUT2D eigenvalue weighted by Crippen LogP contribution is 2.20. The van der Waals surface area contributed by atoms with Crippen molar-refractivity contribution in [2.24, 2.45) is 0 Å². The van der Waals surface area contributed by atoms with Crippen LogP contribution in [0.4, 0.5) is 0 Å². The zero-order valence-electron chi connectivity index (χ0n) is 9.06. The summed E-state index contributed by atoms with van der Waals surface area (Å²) in [6.45, 7) is 1.12. The number of rotatable bonds is 7. The molecule has 1 amide bonds. The number of amides is 1. The van der Waals surface area contributed by atoms with Crippen LogP contribution in [0.25, 0.3) is 0 Å². The summed E-state index contributed by atoms with van der Waals surface area (Å²) < 4.78 is 9.99. The predicted molar refractivity (Wildman–Crippen MR) is 61.1 cm³/mol. The summed E-state index contributed by atoms with van der Waals surface area (Å²) in [7, 11) is 1.56. The van der Waals surface area contributed by atoms with E-state index in [1.807, 2.05) is 0 Å². The van der Waals surface area contributed by atoms with Gasteiger partial charge in [-0.25, -0.2) is 0 Å². The highest BCUT2D eigenvalue weighted by Gasteiger charge is 2.08. The Kier molecular flexibility index (Phi) is 5.84. The summed E-state index contributed by atoms with van der Waals surface area (Å²) in [5, 5.41) is 12.9. The quantitative estimate of drug-likeness (QED) is 0.686. The van der Waals surface area contributed by atoms with E-state index in [-0.39, 0.29) is 12.5 Å². The van der Waals surface area contributed by atoms with Gasteiger partial charge in [-0.1, -0.05) is 0 Å². The maximum atomic E-state index is 11.5. The van der Waals surface area contributed by atoms with E-state index in [4.69, 9.17) is 14.6 Å². The van der Waals surface area contributed by atoms with Gasteiger partial charge < -0.3 is 19.9 Å². The molecule has 0 radical (unpaired) electrons. The van der Waals surface area contributed by atoms with Crippen LogP contribution in [0, 0.1) is 0 Å². The lowest BCUT2D eigenvalue weighted by Gasteiger charge is -2.03. The molecular weight excluding hydrogens is 230 g/mol. The first-order chi connectivity index (χ1) is 7.77. The Morgan fingerprint density at radius 3 is 3.00 bits per heavy atom. The van der Waals surface area contributed by atoms with E-state index in [0.29, 0.717) is 30.4 Å². The highest BCUT2D eigenvalue weighted by molar-refractivity contribution is 7.12. The van der Waals surface area contributed by atoms with Gasteiger partial charge in [0.2, 0.25) is 0 Å². The first kappa shape index (κ1) is 13.0. The van der Waals surface area contributed by atoms with Crippen LogP contribution in [-0.2, 0) is 4.74 Å². The number of hydrogen-bond donors (Lipinski definition) is 2. The van der Waals surface area contributed by atoms with Crippen LogP contribution in [0.1, 0.15) is 9.67 Å². The van der Waals surface area contributed by atoms with E-state index in [1.54, 1.807) is 18.6 Å². The largest absolute Gasteiger partial charge is 0.496 e. The van der Waals surface area contributed by atoms with Crippen LogP contribution >= 0.6 is 11.3 Å². The number of carbonyl (C=O) groups is 1. The Hall–Kier alpha value is -1.11. The van der Waals surface area contributed by atoms with Gasteiger partial charge >= 0.3 is 0 Å². The Balaban J connectivity index is 2.24. The summed E-state index contributed by atoms with van der Waals surface area (Å²) in [6.07, 6.45) is 0. The van der Waals surface area contributed by atoms with Crippen molar-refractivity contribution in [1.29, 1.82) is 0 Å². The molecule has 5 nitrogen and oxygen atoms in total. The van der Waals surface area contributed by atoms with Crippen LogP contribution in [0.15, 0.2) is 11.4 Å². The molecule has 0 saturated heterocycles. The minimum Gasteiger partial charge on any atom is -0.496 e. The number of ether oxygens (including phenoxy) is 2. The van der Waals surface area contributed by atoms with Crippen LogP contribution < -0.4 is 10.1 Å². The fourth-order valence-corrected chi connectivity index (χ4v) is 1.81. The Morgan fingerprint density at radius 2 is 2.38 bits per heavy atom. The number of carbonyl (C=O) groups excluding carboxylic acids is 1. The molecule has 0 aliphatic rings. The minimum absolute atomic E-state index is 0.00390. The second kappa shape index (κ2) is 7.21. The monoisotopic (exact) mass is 245 g/mol. The molecule has 0 aliphatic carbocycles. The van der Waals surface area contributed by atoms with Gasteiger partial charge in [-0.2, -0.15) is 0 Å². The summed E-state index contributed by atoms with van der Waals surface area (Å²) in [5.74, 6) is 0.549. The fraction of sp³-hybridized carbons (Fsp3) is 0.500. The average molecular weight is 245 g/mol. The van der Waals surface area contributed by atoms with Crippen LogP contribution in [0.5, 0.6) is 5.75 Å². The SMILES string of the molecule is COc1csc(C(=O)NCCOCCO)c1. The van der Waals surface area contributed by atoms with Crippen molar-refractivity contribution in [2.75, 3.05) is 33.5 Å². The van der Waals surface area contributed by atoms with Crippen molar-refractivity contribution in [1.82, 2.24) is 5.32 Å². The topological polar surface area (TPSA) is 67.8 Å². The summed E-state index contributed by atoms with van der Waals surface area (Å²) in [5.41, 5.74) is 0. The molecule has 1 aromatic rings. The summed E-state index contributed by atoms with van der Waals surface area (Å²) in [6, 6.07) is 1.69. The number of aliphatic hydroxyl groups excluding tert-OH is 1. The summed E-state index contributed by atoms with van der Waals surface area (Å²) >= 11 is 1.33. The molecule has 0 aliphatic heterocycles. The van der Waals surface area contributed by atoms with Gasteiger partial charge in [-0.05, 0) is 0 Å². The number of aliphatic hydroxyl groups is 1. The molecule has 2 N–H and O–H groups in total. The van der Waals surface area contributed by atoms with Crippen LogP contribution in [0.2, 0.25) is 0 Å². The molecule has 1 aromatic heterocycles. The van der Waals surface area contributed by atoms with Gasteiger partial charge in [0.1, 0.15) is 5.75 Å². The second-order valence-corrected chi connectivity index (χ2v) is 3.85. The third-order valence-corrected chi connectivity index (χ3v) is 2.71.